The second-order valence-electron chi connectivity index (χ2n) is 6.91. The number of benzene rings is 1. The van der Waals surface area contributed by atoms with E-state index in [-0.39, 0.29) is 6.10 Å². The minimum atomic E-state index is 0.269. The molecule has 4 rings (SSSR count). The quantitative estimate of drug-likeness (QED) is 0.719. The van der Waals surface area contributed by atoms with Crippen molar-refractivity contribution in [1.82, 2.24) is 19.5 Å². The number of hydrogen-bond donors (Lipinski definition) is 1. The van der Waals surface area contributed by atoms with Crippen molar-refractivity contribution in [3.05, 3.63) is 35.8 Å². The van der Waals surface area contributed by atoms with Crippen molar-refractivity contribution in [2.45, 2.75) is 51.7 Å². The summed E-state index contributed by atoms with van der Waals surface area (Å²) >= 11 is 0. The van der Waals surface area contributed by atoms with Crippen molar-refractivity contribution < 1.29 is 9.47 Å². The number of nitrogens with two attached hydrogens (primary N) is 1. The topological polar surface area (TPSA) is 88.1 Å². The molecule has 0 bridgehead atoms. The minimum Gasteiger partial charge on any atom is -0.493 e. The molecule has 1 aromatic carbocycles. The predicted octanol–water partition coefficient (Wildman–Crippen LogP) is 3.30. The van der Waals surface area contributed by atoms with Gasteiger partial charge in [0.2, 0.25) is 5.95 Å². The average Bonchev–Trinajstić information content (AvgIpc) is 3.36. The molecule has 0 amide bonds. The van der Waals surface area contributed by atoms with E-state index in [0.717, 1.165) is 53.5 Å². The summed E-state index contributed by atoms with van der Waals surface area (Å²) in [6.45, 7) is 2.58. The smallest absolute Gasteiger partial charge is 0.202 e. The van der Waals surface area contributed by atoms with E-state index in [1.807, 2.05) is 29.7 Å². The maximum Gasteiger partial charge on any atom is 0.202 e. The lowest BCUT2D eigenvalue weighted by Gasteiger charge is -2.19. The fourth-order valence-corrected chi connectivity index (χ4v) is 3.70. The first-order chi connectivity index (χ1) is 13.2. The number of rotatable bonds is 6. The number of fused-ring (bicyclic) bond motifs is 1. The standard InChI is InChI=1S/C20H25N5O2/c1-3-15-18-19(23-12-22-18)25(20(21)24-15)11-13-8-9-16(26-2)17(10-13)27-14-6-4-5-7-14/h8-10,12,14H,3-7,11H2,1-2H3,(H2,21,24). The van der Waals surface area contributed by atoms with Gasteiger partial charge in [0, 0.05) is 0 Å². The van der Waals surface area contributed by atoms with E-state index >= 15 is 0 Å². The van der Waals surface area contributed by atoms with E-state index in [9.17, 15) is 0 Å². The Bertz CT molecular complexity index is 902. The number of methoxy groups -OCH3 is 1. The predicted molar refractivity (Wildman–Crippen MR) is 103 cm³/mol. The summed E-state index contributed by atoms with van der Waals surface area (Å²) in [5.74, 6) is 2.73. The Morgan fingerprint density at radius 2 is 2.00 bits per heavy atom. The summed E-state index contributed by atoms with van der Waals surface area (Å²) in [6, 6.07) is 5.99. The molecule has 0 spiro atoms. The van der Waals surface area contributed by atoms with Gasteiger partial charge in [0.25, 0.3) is 0 Å². The molecule has 1 fully saturated rings. The van der Waals surface area contributed by atoms with Crippen molar-refractivity contribution in [2.24, 2.45) is 0 Å². The molecular weight excluding hydrogens is 342 g/mol. The van der Waals surface area contributed by atoms with Crippen LogP contribution in [0.5, 0.6) is 11.5 Å². The molecule has 7 nitrogen and oxygen atoms in total. The van der Waals surface area contributed by atoms with Crippen LogP contribution in [0.1, 0.15) is 43.9 Å². The molecule has 0 atom stereocenters. The third-order valence-corrected chi connectivity index (χ3v) is 5.13. The van der Waals surface area contributed by atoms with Gasteiger partial charge >= 0.3 is 0 Å². The normalized spacial score (nSPS) is 14.7. The van der Waals surface area contributed by atoms with Gasteiger partial charge in [-0.05, 0) is 49.8 Å². The van der Waals surface area contributed by atoms with Crippen molar-refractivity contribution in [1.29, 1.82) is 0 Å². The van der Waals surface area contributed by atoms with Crippen molar-refractivity contribution in [3.63, 3.8) is 0 Å². The molecule has 1 saturated carbocycles. The van der Waals surface area contributed by atoms with Crippen LogP contribution in [-0.2, 0) is 13.0 Å². The number of imidazole rings is 1. The molecule has 2 aliphatic heterocycles. The Morgan fingerprint density at radius 3 is 2.74 bits per heavy atom. The second kappa shape index (κ2) is 7.42. The van der Waals surface area contributed by atoms with E-state index in [2.05, 4.69) is 15.0 Å². The summed E-state index contributed by atoms with van der Waals surface area (Å²) in [5, 5.41) is 0. The molecule has 1 aromatic rings. The second-order valence-corrected chi connectivity index (χ2v) is 6.91. The molecule has 2 N–H and O–H groups in total. The van der Waals surface area contributed by atoms with Gasteiger partial charge in [-0.2, -0.15) is 0 Å². The summed E-state index contributed by atoms with van der Waals surface area (Å²) in [6.07, 6.45) is 7.24. The molecular formula is C20H25N5O2. The first-order valence-corrected chi connectivity index (χ1v) is 9.48. The zero-order chi connectivity index (χ0) is 18.8. The van der Waals surface area contributed by atoms with Crippen LogP contribution in [0, 0.1) is 0 Å². The van der Waals surface area contributed by atoms with Gasteiger partial charge in [-0.1, -0.05) is 13.0 Å². The van der Waals surface area contributed by atoms with Crippen LogP contribution in [0.2, 0.25) is 0 Å². The Kier molecular flexibility index (Phi) is 4.83. The molecule has 1 aliphatic carbocycles. The molecule has 3 aliphatic rings. The summed E-state index contributed by atoms with van der Waals surface area (Å²) < 4.78 is 13.6. The number of aryl methyl sites for hydroxylation is 1. The lowest BCUT2D eigenvalue weighted by molar-refractivity contribution is 0.200. The van der Waals surface area contributed by atoms with Gasteiger partial charge in [-0.3, -0.25) is 4.57 Å². The summed E-state index contributed by atoms with van der Waals surface area (Å²) in [7, 11) is 1.67. The monoisotopic (exact) mass is 367 g/mol. The Hall–Kier alpha value is -2.83. The fraction of sp³-hybridized carbons (Fsp3) is 0.450. The van der Waals surface area contributed by atoms with Crippen LogP contribution in [0.3, 0.4) is 0 Å². The van der Waals surface area contributed by atoms with Crippen molar-refractivity contribution >= 4 is 5.95 Å². The molecule has 0 radical (unpaired) electrons. The first-order valence-electron chi connectivity index (χ1n) is 9.48. The van der Waals surface area contributed by atoms with Crippen LogP contribution in [0.15, 0.2) is 24.5 Å². The number of ether oxygens (including phenoxy) is 2. The number of anilines is 1. The highest BCUT2D eigenvalue weighted by Gasteiger charge is 2.21. The SMILES string of the molecule is CCc1nc(N)n(Cc2ccc(OC)c(OC3CCCC3)c2)c2ncnc1-2. The van der Waals surface area contributed by atoms with Crippen LogP contribution < -0.4 is 15.2 Å². The van der Waals surface area contributed by atoms with E-state index in [0.29, 0.717) is 12.5 Å². The Morgan fingerprint density at radius 1 is 1.19 bits per heavy atom. The largest absolute Gasteiger partial charge is 0.493 e. The molecule has 0 aromatic heterocycles. The summed E-state index contributed by atoms with van der Waals surface area (Å²) in [4.78, 5) is 13.3. The molecule has 27 heavy (non-hydrogen) atoms. The highest BCUT2D eigenvalue weighted by molar-refractivity contribution is 5.58. The van der Waals surface area contributed by atoms with Crippen LogP contribution >= 0.6 is 0 Å². The Balaban J connectivity index is 1.66. The lowest BCUT2D eigenvalue weighted by atomic mass is 10.1. The van der Waals surface area contributed by atoms with Crippen LogP contribution in [0.25, 0.3) is 11.5 Å². The van der Waals surface area contributed by atoms with E-state index in [1.54, 1.807) is 13.4 Å². The first kappa shape index (κ1) is 17.6. The van der Waals surface area contributed by atoms with Crippen molar-refractivity contribution in [2.75, 3.05) is 12.8 Å². The van der Waals surface area contributed by atoms with E-state index < -0.39 is 0 Å². The van der Waals surface area contributed by atoms with Gasteiger partial charge in [0.1, 0.15) is 12.0 Å². The van der Waals surface area contributed by atoms with Gasteiger partial charge < -0.3 is 15.2 Å². The molecule has 0 unspecified atom stereocenters. The number of nitrogen functional groups attached to an aromatic ring is 1. The van der Waals surface area contributed by atoms with Gasteiger partial charge in [-0.15, -0.1) is 0 Å². The van der Waals surface area contributed by atoms with Gasteiger partial charge in [-0.25, -0.2) is 15.0 Å². The third kappa shape index (κ3) is 3.41. The molecule has 2 heterocycles. The van der Waals surface area contributed by atoms with E-state index in [1.165, 1.54) is 12.8 Å². The van der Waals surface area contributed by atoms with Gasteiger partial charge in [0.05, 0.1) is 25.5 Å². The third-order valence-electron chi connectivity index (χ3n) is 5.13. The number of aromatic nitrogens is 4. The average molecular weight is 367 g/mol. The zero-order valence-electron chi connectivity index (χ0n) is 15.8. The number of nitrogens with zero attached hydrogens (tertiary/aromatic N) is 4. The summed E-state index contributed by atoms with van der Waals surface area (Å²) in [5.41, 5.74) is 8.96. The fourth-order valence-electron chi connectivity index (χ4n) is 3.70. The van der Waals surface area contributed by atoms with Gasteiger partial charge in [0.15, 0.2) is 17.3 Å². The van der Waals surface area contributed by atoms with Crippen molar-refractivity contribution in [3.8, 4) is 23.0 Å². The molecule has 7 heteroatoms. The zero-order valence-corrected chi connectivity index (χ0v) is 15.8. The highest BCUT2D eigenvalue weighted by atomic mass is 16.5. The molecule has 0 saturated heterocycles. The number of hydrogen-bond acceptors (Lipinski definition) is 6. The van der Waals surface area contributed by atoms with Crippen LogP contribution in [0.4, 0.5) is 5.95 Å². The maximum absolute atomic E-state index is 6.22. The maximum atomic E-state index is 6.22. The Labute approximate surface area is 158 Å². The highest BCUT2D eigenvalue weighted by Crippen LogP contribution is 2.33. The molecule has 142 valence electrons. The van der Waals surface area contributed by atoms with Crippen LogP contribution in [-0.4, -0.2) is 32.7 Å². The minimum absolute atomic E-state index is 0.269. The lowest BCUT2D eigenvalue weighted by Crippen LogP contribution is -2.16. The van der Waals surface area contributed by atoms with E-state index in [4.69, 9.17) is 15.2 Å².